The summed E-state index contributed by atoms with van der Waals surface area (Å²) in [7, 11) is 0. The van der Waals surface area contributed by atoms with Gasteiger partial charge in [0.25, 0.3) is 0 Å². The maximum atomic E-state index is 13.7. The van der Waals surface area contributed by atoms with Crippen LogP contribution in [-0.2, 0) is 28.7 Å². The summed E-state index contributed by atoms with van der Waals surface area (Å²) in [5, 5.41) is 29.6. The van der Waals surface area contributed by atoms with E-state index in [-0.39, 0.29) is 55.5 Å². The molecule has 0 aromatic rings. The van der Waals surface area contributed by atoms with E-state index in [0.717, 1.165) is 5.57 Å². The first-order valence-corrected chi connectivity index (χ1v) is 11.9. The van der Waals surface area contributed by atoms with Crippen LogP contribution in [0.5, 0.6) is 0 Å². The van der Waals surface area contributed by atoms with Crippen LogP contribution in [-0.4, -0.2) is 62.9 Å². The Hall–Kier alpha value is -2.39. The molecule has 0 saturated heterocycles. The minimum Gasteiger partial charge on any atom is -0.481 e. The smallest absolute Gasteiger partial charge is 0.306 e. The highest BCUT2D eigenvalue weighted by Crippen LogP contribution is 2.66. The third-order valence-corrected chi connectivity index (χ3v) is 9.31. The van der Waals surface area contributed by atoms with E-state index in [1.165, 1.54) is 0 Å². The molecule has 9 heteroatoms. The Morgan fingerprint density at radius 2 is 1.85 bits per heavy atom. The third kappa shape index (κ3) is 3.47. The van der Waals surface area contributed by atoms with Crippen molar-refractivity contribution in [1.29, 1.82) is 0 Å². The zero-order valence-electron chi connectivity index (χ0n) is 19.5. The van der Waals surface area contributed by atoms with Crippen molar-refractivity contribution in [3.8, 4) is 0 Å². The van der Waals surface area contributed by atoms with Crippen LogP contribution in [0, 0.1) is 28.6 Å². The van der Waals surface area contributed by atoms with Crippen molar-refractivity contribution in [3.63, 3.8) is 0 Å². The van der Waals surface area contributed by atoms with E-state index in [9.17, 15) is 34.2 Å². The van der Waals surface area contributed by atoms with Gasteiger partial charge in [0.05, 0.1) is 12.8 Å². The molecule has 0 bridgehead atoms. The van der Waals surface area contributed by atoms with Gasteiger partial charge in [-0.3, -0.25) is 24.0 Å². The van der Waals surface area contributed by atoms with Gasteiger partial charge in [-0.2, -0.15) is 0 Å². The monoisotopic (exact) mass is 476 g/mol. The summed E-state index contributed by atoms with van der Waals surface area (Å²) in [6.07, 6.45) is 1.67. The topological polar surface area (TPSA) is 155 Å². The van der Waals surface area contributed by atoms with Crippen molar-refractivity contribution in [2.24, 2.45) is 28.6 Å². The van der Waals surface area contributed by atoms with Crippen LogP contribution in [0.25, 0.3) is 0 Å². The molecule has 0 aromatic heterocycles. The number of carbonyl (C=O) groups is 5. The standard InChI is InChI=1S/C25H32O9/c1-23-11-17(28)22-15(16(23)7-8-25(23,33)18(29)12-26)4-3-13-9-14(27)10-19(24(13,22)2)34-21(32)6-5-20(30)31/h9,15-16,19,22,26,33H,3-8,10-12H2,1-2H3,(H,30,31)/t15-,16-,19?,22+,23-,24+,25-/m0/s1. The quantitative estimate of drug-likeness (QED) is 0.482. The number of ether oxygens (including phenoxy) is 1. The summed E-state index contributed by atoms with van der Waals surface area (Å²) in [5.74, 6) is -3.74. The lowest BCUT2D eigenvalue weighted by atomic mass is 9.45. The van der Waals surface area contributed by atoms with E-state index >= 15 is 0 Å². The van der Waals surface area contributed by atoms with E-state index in [2.05, 4.69) is 0 Å². The number of ketones is 3. The third-order valence-electron chi connectivity index (χ3n) is 9.31. The van der Waals surface area contributed by atoms with Gasteiger partial charge in [-0.05, 0) is 43.6 Å². The number of fused-ring (bicyclic) bond motifs is 5. The SMILES string of the molecule is C[C@]12CC(=O)[C@H]3[C@@H](CCC4=CC(=O)CC(OC(=O)CCC(=O)O)[C@@]43C)[C@@H]1CC[C@]2(O)C(=O)CO. The lowest BCUT2D eigenvalue weighted by Gasteiger charge is -2.59. The number of hydrogen-bond donors (Lipinski definition) is 3. The first kappa shape index (κ1) is 24.7. The van der Waals surface area contributed by atoms with Gasteiger partial charge in [0.1, 0.15) is 24.1 Å². The van der Waals surface area contributed by atoms with E-state index < -0.39 is 52.8 Å². The van der Waals surface area contributed by atoms with Crippen LogP contribution < -0.4 is 0 Å². The summed E-state index contributed by atoms with van der Waals surface area (Å²) in [4.78, 5) is 62.0. The second-order valence-corrected chi connectivity index (χ2v) is 10.8. The van der Waals surface area contributed by atoms with Crippen molar-refractivity contribution < 1.29 is 44.0 Å². The highest BCUT2D eigenvalue weighted by Gasteiger charge is 2.69. The minimum atomic E-state index is -1.77. The molecule has 0 aliphatic heterocycles. The highest BCUT2D eigenvalue weighted by molar-refractivity contribution is 5.95. The predicted octanol–water partition coefficient (Wildman–Crippen LogP) is 1.38. The molecule has 1 unspecified atom stereocenters. The van der Waals surface area contributed by atoms with E-state index in [1.807, 2.05) is 6.92 Å². The van der Waals surface area contributed by atoms with Gasteiger partial charge in [-0.25, -0.2) is 0 Å². The molecule has 186 valence electrons. The minimum absolute atomic E-state index is 0.0441. The summed E-state index contributed by atoms with van der Waals surface area (Å²) in [6, 6.07) is 0. The van der Waals surface area contributed by atoms with Crippen LogP contribution in [0.4, 0.5) is 0 Å². The number of rotatable bonds is 6. The molecule has 3 N–H and O–H groups in total. The maximum absolute atomic E-state index is 13.7. The first-order valence-electron chi connectivity index (χ1n) is 11.9. The summed E-state index contributed by atoms with van der Waals surface area (Å²) < 4.78 is 5.66. The van der Waals surface area contributed by atoms with Crippen LogP contribution in [0.1, 0.15) is 65.2 Å². The molecule has 0 radical (unpaired) electrons. The fraction of sp³-hybridized carbons (Fsp3) is 0.720. The van der Waals surface area contributed by atoms with E-state index in [0.29, 0.717) is 19.3 Å². The van der Waals surface area contributed by atoms with Gasteiger partial charge >= 0.3 is 11.9 Å². The van der Waals surface area contributed by atoms with Gasteiger partial charge < -0.3 is 20.1 Å². The Kier molecular flexibility index (Phi) is 6.09. The molecule has 0 aromatic carbocycles. The van der Waals surface area contributed by atoms with Crippen LogP contribution in [0.15, 0.2) is 11.6 Å². The molecule has 3 saturated carbocycles. The van der Waals surface area contributed by atoms with Crippen molar-refractivity contribution >= 4 is 29.3 Å². The zero-order chi connectivity index (χ0) is 25.1. The summed E-state index contributed by atoms with van der Waals surface area (Å²) >= 11 is 0. The average molecular weight is 477 g/mol. The Labute approximate surface area is 197 Å². The van der Waals surface area contributed by atoms with Crippen LogP contribution in [0.2, 0.25) is 0 Å². The van der Waals surface area contributed by atoms with Crippen LogP contribution in [0.3, 0.4) is 0 Å². The number of carboxylic acid groups (broad SMARTS) is 1. The Morgan fingerprint density at radius 1 is 1.15 bits per heavy atom. The maximum Gasteiger partial charge on any atom is 0.306 e. The molecule has 0 amide bonds. The number of aliphatic hydroxyl groups excluding tert-OH is 1. The van der Waals surface area contributed by atoms with Gasteiger partial charge in [-0.15, -0.1) is 0 Å². The molecule has 3 fully saturated rings. The number of aliphatic hydroxyl groups is 2. The van der Waals surface area contributed by atoms with Crippen molar-refractivity contribution in [3.05, 3.63) is 11.6 Å². The largest absolute Gasteiger partial charge is 0.481 e. The molecule has 9 nitrogen and oxygen atoms in total. The fourth-order valence-corrected chi connectivity index (χ4v) is 7.58. The number of hydrogen-bond acceptors (Lipinski definition) is 8. The number of aliphatic carboxylic acids is 1. The number of carbonyl (C=O) groups excluding carboxylic acids is 4. The van der Waals surface area contributed by atoms with Crippen molar-refractivity contribution in [2.45, 2.75) is 76.9 Å². The number of Topliss-reactive ketones (excluding diaryl/α,β-unsaturated/α-hetero) is 2. The van der Waals surface area contributed by atoms with Gasteiger partial charge in [-0.1, -0.05) is 19.4 Å². The number of esters is 1. The lowest BCUT2D eigenvalue weighted by Crippen LogP contribution is -2.63. The van der Waals surface area contributed by atoms with E-state index in [4.69, 9.17) is 9.84 Å². The molecule has 4 rings (SSSR count). The fourth-order valence-electron chi connectivity index (χ4n) is 7.58. The molecular weight excluding hydrogens is 444 g/mol. The first-order chi connectivity index (χ1) is 15.9. The van der Waals surface area contributed by atoms with Gasteiger partial charge in [0.2, 0.25) is 0 Å². The van der Waals surface area contributed by atoms with Crippen molar-refractivity contribution in [1.82, 2.24) is 0 Å². The second kappa shape index (κ2) is 8.37. The average Bonchev–Trinajstić information content (AvgIpc) is 3.03. The Morgan fingerprint density at radius 3 is 2.50 bits per heavy atom. The highest BCUT2D eigenvalue weighted by atomic mass is 16.5. The molecule has 0 spiro atoms. The summed E-state index contributed by atoms with van der Waals surface area (Å²) in [6.45, 7) is 2.81. The molecular formula is C25H32O9. The predicted molar refractivity (Wildman–Crippen MR) is 116 cm³/mol. The molecule has 0 heterocycles. The second-order valence-electron chi connectivity index (χ2n) is 10.8. The molecule has 34 heavy (non-hydrogen) atoms. The number of carboxylic acids is 1. The molecule has 7 atom stereocenters. The normalized spacial score (nSPS) is 41.1. The van der Waals surface area contributed by atoms with E-state index in [1.54, 1.807) is 13.0 Å². The lowest BCUT2D eigenvalue weighted by molar-refractivity contribution is -0.181. The zero-order valence-corrected chi connectivity index (χ0v) is 19.5. The van der Waals surface area contributed by atoms with Crippen molar-refractivity contribution in [2.75, 3.05) is 6.61 Å². The summed E-state index contributed by atoms with van der Waals surface area (Å²) in [5.41, 5.74) is -2.93. The Bertz CT molecular complexity index is 983. The molecule has 4 aliphatic carbocycles. The van der Waals surface area contributed by atoms with Crippen LogP contribution >= 0.6 is 0 Å². The Balaban J connectivity index is 1.69. The van der Waals surface area contributed by atoms with Gasteiger partial charge in [0, 0.05) is 29.6 Å². The van der Waals surface area contributed by atoms with Gasteiger partial charge in [0.15, 0.2) is 11.6 Å². The molecule has 4 aliphatic rings.